The van der Waals surface area contributed by atoms with Crippen molar-refractivity contribution in [1.82, 2.24) is 14.1 Å². The Morgan fingerprint density at radius 1 is 0.412 bits per heavy atom. The minimum atomic E-state index is -6.61. The Labute approximate surface area is 657 Å². The van der Waals surface area contributed by atoms with Gasteiger partial charge in [-0.25, -0.2) is 4.98 Å². The van der Waals surface area contributed by atoms with Gasteiger partial charge in [0.1, 0.15) is 17.3 Å². The van der Waals surface area contributed by atoms with E-state index in [1.165, 1.54) is 69.8 Å². The average molecular weight is 1390 g/mol. The maximum Gasteiger partial charge on any atom is 0.269 e. The summed E-state index contributed by atoms with van der Waals surface area (Å²) in [5.41, 5.74) is -2.00. The zero-order valence-corrected chi connectivity index (χ0v) is 56.0. The Kier molecular flexibility index (Phi) is 8.39. The molecular weight excluding hydrogens is 1270 g/mol. The SMILES string of the molecule is [2H]c1c([2H])c([2H])c(-c2cnc(-n3c4ccccc4c4ccc(Oc5cccc(-n6[c-][n+](-c7c(-c8cccc(C(C)(C)C)c8)cccc7-c7c([2H])c([2H])c([2H])c([Si](c8c([2H])c([2H])c([2H])c([2H])c8[2H])(c8c([2H])c([2H])c([2H])c([2H])c8[2H])c8c([2H])c([2H])c([2H])c([2H])c8[2H])c7[2H])c7ccc([Si](c8c([2H])c([2H])c([2H])c([2H])c8[2H])(c8c([2H])c([2H])c([2H])c([2H])c8[2H])c8c([2H])c([2H])c([2H])c([2H])c8[2H])cc76)c5)cc43)cc2C([2H])([2H])[2H])c([2H])c1[2H]. The van der Waals surface area contributed by atoms with E-state index < -0.39 is 328 Å². The number of rotatable bonds is 16. The number of aryl methyl sites for hydroxylation is 1. The van der Waals surface area contributed by atoms with Crippen LogP contribution in [0.5, 0.6) is 11.5 Å². The van der Waals surface area contributed by atoms with Crippen molar-refractivity contribution in [2.75, 3.05) is 0 Å². The lowest BCUT2D eigenvalue weighted by Gasteiger charge is -2.34. The summed E-state index contributed by atoms with van der Waals surface area (Å²) in [6.07, 6.45) is 4.51. The van der Waals surface area contributed by atoms with Crippen molar-refractivity contribution >= 4 is 90.5 Å². The smallest absolute Gasteiger partial charge is 0.269 e. The fourth-order valence-corrected chi connectivity index (χ4v) is 20.5. The van der Waals surface area contributed by atoms with Crippen LogP contribution in [0.15, 0.2) is 375 Å². The lowest BCUT2D eigenvalue weighted by Crippen LogP contribution is -2.74. The molecule has 3 aromatic heterocycles. The minimum absolute atomic E-state index is 0.0226. The standard InChI is InChI=1S/C95H74N4OSi2/c1-68-60-93(96-66-88(68)69-32-12-5-13-33-69)99-89-55-27-26-52-86(89)87-58-56-75(64-91(87)99)100-74-38-30-37-73(63-74)97-67-98(90-59-57-83(65-92(90)97)102(79-45-20-9-21-46-79,80-47-22-10-23-48-80)81-49-24-11-25-50-81)94-84(70-34-28-36-72(61-70)95(2,3)4)53-31-54-85(94)71-35-29-51-82(62-71)101(76-39-14-6-15-40-76,77-41-16-7-17-42-77)78-43-18-8-19-44-78/h5-66H,1-4H3/i1D3,5D,6D,7D,8D,9D,10D,11D,12D,13D,14D,15D,16D,17D,18D,19D,20D,21D,22D,23D,24D,25D,29D,32D,33D,35D,39D,40D,41D,42D,43D,44D,45D,46D,47D,48D,49D,50D,51D,62D. The van der Waals surface area contributed by atoms with Gasteiger partial charge in [0.05, 0.1) is 86.9 Å². The van der Waals surface area contributed by atoms with Gasteiger partial charge in [0.2, 0.25) is 0 Å². The molecule has 5 nitrogen and oxygen atoms in total. The first-order valence-corrected chi connectivity index (χ1v) is 35.7. The molecular formula is C95H74N4OSi2. The van der Waals surface area contributed by atoms with Gasteiger partial charge in [-0.3, -0.25) is 13.7 Å². The highest BCUT2D eigenvalue weighted by molar-refractivity contribution is 7.20. The third-order valence-electron chi connectivity index (χ3n) is 17.8. The zero-order valence-electron chi connectivity index (χ0n) is 96.0. The van der Waals surface area contributed by atoms with Gasteiger partial charge in [-0.15, -0.1) is 0 Å². The predicted octanol–water partition coefficient (Wildman–Crippen LogP) is 17.4. The van der Waals surface area contributed by atoms with Crippen molar-refractivity contribution in [3.63, 3.8) is 0 Å². The Bertz CT molecular complexity index is 8000. The van der Waals surface area contributed by atoms with Crippen LogP contribution in [0, 0.1) is 13.2 Å². The van der Waals surface area contributed by atoms with E-state index in [0.29, 0.717) is 27.4 Å². The maximum absolute atomic E-state index is 11.3. The van der Waals surface area contributed by atoms with E-state index in [4.69, 9.17) is 28.9 Å². The van der Waals surface area contributed by atoms with Gasteiger partial charge in [0.25, 0.3) is 6.33 Å². The number of pyridine rings is 1. The summed E-state index contributed by atoms with van der Waals surface area (Å²) >= 11 is 0. The molecule has 0 unspecified atom stereocenters. The molecule has 7 heteroatoms. The second-order valence-corrected chi connectivity index (χ2v) is 31.6. The summed E-state index contributed by atoms with van der Waals surface area (Å²) < 4.78 is 410. The third-order valence-corrected chi connectivity index (χ3v) is 25.9. The van der Waals surface area contributed by atoms with Crippen LogP contribution in [0.3, 0.4) is 0 Å². The highest BCUT2D eigenvalue weighted by atomic mass is 28.3. The normalized spacial score (nSPS) is 17.8. The van der Waals surface area contributed by atoms with E-state index in [9.17, 15) is 38.4 Å². The number of aromatic nitrogens is 4. The first-order chi connectivity index (χ1) is 67.5. The van der Waals surface area contributed by atoms with Gasteiger partial charge in [0, 0.05) is 32.7 Å². The molecule has 0 fully saturated rings. The summed E-state index contributed by atoms with van der Waals surface area (Å²) in [4.78, 5) is 4.72. The number of benzene rings is 14. The van der Waals surface area contributed by atoms with Gasteiger partial charge >= 0.3 is 0 Å². The molecule has 0 atom stereocenters. The van der Waals surface area contributed by atoms with E-state index >= 15 is 0 Å². The van der Waals surface area contributed by atoms with Crippen LogP contribution in [0.2, 0.25) is 0 Å². The van der Waals surface area contributed by atoms with Crippen LogP contribution in [0.1, 0.15) is 89.5 Å². The largest absolute Gasteiger partial charge is 0.458 e. The number of hydrogen-bond donors (Lipinski definition) is 0. The first-order valence-electron chi connectivity index (χ1n) is 52.7. The molecule has 0 aliphatic heterocycles. The molecule has 17 rings (SSSR count). The molecule has 0 saturated heterocycles. The monoisotopic (exact) mass is 1380 g/mol. The molecule has 17 aromatic rings. The van der Waals surface area contributed by atoms with Gasteiger partial charge in [0.15, 0.2) is 16.1 Å². The van der Waals surface area contributed by atoms with Crippen LogP contribution < -0.4 is 50.8 Å². The van der Waals surface area contributed by atoms with Crippen molar-refractivity contribution < 1.29 is 66.9 Å². The molecule has 3 heterocycles. The van der Waals surface area contributed by atoms with E-state index in [1.54, 1.807) is 77.4 Å². The highest BCUT2D eigenvalue weighted by Crippen LogP contribution is 2.39. The van der Waals surface area contributed by atoms with E-state index in [2.05, 4.69) is 6.33 Å². The molecule has 14 aromatic carbocycles. The van der Waals surface area contributed by atoms with Gasteiger partial charge < -0.3 is 4.74 Å². The number of para-hydroxylation sites is 2. The average Bonchev–Trinajstić information content (AvgIpc) is 0.905. The van der Waals surface area contributed by atoms with Crippen LogP contribution in [0.25, 0.3) is 83.4 Å². The van der Waals surface area contributed by atoms with Crippen molar-refractivity contribution in [1.29, 1.82) is 0 Å². The summed E-state index contributed by atoms with van der Waals surface area (Å²) in [6.45, 7) is 2.65. The van der Waals surface area contributed by atoms with Crippen molar-refractivity contribution in [3.8, 4) is 62.1 Å². The third kappa shape index (κ3) is 11.1. The molecule has 0 N–H and O–H groups in total. The number of nitrogens with zero attached hydrogens (tertiary/aromatic N) is 4. The topological polar surface area (TPSA) is 35.9 Å². The maximum atomic E-state index is 11.3. The molecule has 0 aliphatic carbocycles. The van der Waals surface area contributed by atoms with E-state index in [-0.39, 0.29) is 56.4 Å². The molecule has 488 valence electrons. The van der Waals surface area contributed by atoms with Gasteiger partial charge in [-0.05, 0) is 135 Å². The Hall–Kier alpha value is -12.3. The van der Waals surface area contributed by atoms with E-state index in [1.807, 2.05) is 20.8 Å². The molecule has 0 aliphatic rings. The van der Waals surface area contributed by atoms with Crippen LogP contribution in [-0.2, 0) is 5.41 Å². The lowest BCUT2D eigenvalue weighted by atomic mass is 9.85. The second kappa shape index (κ2) is 26.4. The molecule has 0 bridgehead atoms. The zero-order chi connectivity index (χ0) is 105. The predicted molar refractivity (Wildman–Crippen MR) is 429 cm³/mol. The Balaban J connectivity index is 1.04. The summed E-state index contributed by atoms with van der Waals surface area (Å²) in [5.74, 6) is -0.0170. The molecule has 0 amide bonds. The van der Waals surface area contributed by atoms with Crippen LogP contribution in [0.4, 0.5) is 0 Å². The van der Waals surface area contributed by atoms with E-state index in [0.717, 1.165) is 6.20 Å². The number of hydrogen-bond acceptors (Lipinski definition) is 2. The van der Waals surface area contributed by atoms with Crippen molar-refractivity contribution in [3.05, 3.63) is 393 Å². The molecule has 0 saturated carbocycles. The summed E-state index contributed by atoms with van der Waals surface area (Å²) in [5, 5.41) is -6.62. The Morgan fingerprint density at radius 3 is 1.53 bits per heavy atom. The van der Waals surface area contributed by atoms with Crippen LogP contribution in [-0.4, -0.2) is 30.3 Å². The molecule has 0 spiro atoms. The first kappa shape index (κ1) is 32.4. The second-order valence-electron chi connectivity index (χ2n) is 24.5. The molecule has 0 radical (unpaired) electrons. The fraction of sp³-hybridized carbons (Fsp3) is 0.0526. The highest BCUT2D eigenvalue weighted by Gasteiger charge is 2.43. The molecule has 102 heavy (non-hydrogen) atoms. The van der Waals surface area contributed by atoms with Crippen molar-refractivity contribution in [2.24, 2.45) is 0 Å². The summed E-state index contributed by atoms with van der Waals surface area (Å²) in [7, 11) is -12.8. The van der Waals surface area contributed by atoms with Gasteiger partial charge in [-0.2, -0.15) is 0 Å². The quantitative estimate of drug-likeness (QED) is 0.0418. The lowest BCUT2D eigenvalue weighted by molar-refractivity contribution is -0.571. The Morgan fingerprint density at radius 2 is 0.931 bits per heavy atom. The number of fused-ring (bicyclic) bond motifs is 4. The fourth-order valence-electron chi connectivity index (χ4n) is 13.2. The minimum Gasteiger partial charge on any atom is -0.458 e. The number of ether oxygens (including phenoxy) is 1. The number of imidazole rings is 1. The van der Waals surface area contributed by atoms with Gasteiger partial charge in [-0.1, -0.05) is 341 Å². The van der Waals surface area contributed by atoms with Crippen LogP contribution >= 0.6 is 0 Å². The summed E-state index contributed by atoms with van der Waals surface area (Å²) in [6, 6.07) is -9.53. The van der Waals surface area contributed by atoms with Crippen molar-refractivity contribution in [2.45, 2.75) is 33.0 Å².